The third kappa shape index (κ3) is 3.24. The number of anilines is 1. The van der Waals surface area contributed by atoms with Gasteiger partial charge in [-0.1, -0.05) is 6.92 Å². The summed E-state index contributed by atoms with van der Waals surface area (Å²) in [6.45, 7) is 4.03. The summed E-state index contributed by atoms with van der Waals surface area (Å²) in [5, 5.41) is 6.70. The predicted molar refractivity (Wildman–Crippen MR) is 55.6 cm³/mol. The molecule has 0 aromatic carbocycles. The Bertz CT molecular complexity index is 196. The van der Waals surface area contributed by atoms with Crippen molar-refractivity contribution in [3.05, 3.63) is 17.5 Å². The smallest absolute Gasteiger partial charge is 0.0882 e. The van der Waals surface area contributed by atoms with E-state index in [-0.39, 0.29) is 0 Å². The first kappa shape index (κ1) is 9.55. The maximum atomic E-state index is 5.45. The molecule has 0 spiro atoms. The molecule has 3 N–H and O–H groups in total. The van der Waals surface area contributed by atoms with Gasteiger partial charge in [-0.15, -0.1) is 11.3 Å². The van der Waals surface area contributed by atoms with Crippen LogP contribution in [0.25, 0.3) is 0 Å². The van der Waals surface area contributed by atoms with E-state index in [4.69, 9.17) is 5.73 Å². The lowest BCUT2D eigenvalue weighted by molar-refractivity contribution is 0.569. The zero-order valence-electron chi connectivity index (χ0n) is 7.42. The lowest BCUT2D eigenvalue weighted by atomic mass is 10.1. The Balaban J connectivity index is 2.17. The van der Waals surface area contributed by atoms with Crippen LogP contribution in [-0.2, 0) is 0 Å². The second-order valence-electron chi connectivity index (χ2n) is 3.04. The number of rotatable bonds is 5. The molecule has 1 aromatic heterocycles. The third-order valence-electron chi connectivity index (χ3n) is 1.81. The molecule has 0 amide bonds. The molecule has 3 heteroatoms. The molecule has 1 atom stereocenters. The molecule has 1 heterocycles. The zero-order valence-corrected chi connectivity index (χ0v) is 8.23. The van der Waals surface area contributed by atoms with Gasteiger partial charge in [0.15, 0.2) is 0 Å². The zero-order chi connectivity index (χ0) is 8.81. The molecule has 0 radical (unpaired) electrons. The topological polar surface area (TPSA) is 38.0 Å². The van der Waals surface area contributed by atoms with E-state index in [0.717, 1.165) is 19.5 Å². The van der Waals surface area contributed by atoms with Crippen LogP contribution in [0.5, 0.6) is 0 Å². The van der Waals surface area contributed by atoms with Gasteiger partial charge in [0.25, 0.3) is 0 Å². The Labute approximate surface area is 77.8 Å². The summed E-state index contributed by atoms with van der Waals surface area (Å²) in [7, 11) is 0. The first-order chi connectivity index (χ1) is 5.83. The molecular weight excluding hydrogens is 168 g/mol. The highest BCUT2D eigenvalue weighted by Gasteiger charge is 1.99. The number of hydrogen-bond acceptors (Lipinski definition) is 3. The molecule has 0 aliphatic carbocycles. The minimum absolute atomic E-state index is 0.664. The molecule has 0 fully saturated rings. The molecule has 0 aliphatic rings. The highest BCUT2D eigenvalue weighted by Crippen LogP contribution is 2.15. The van der Waals surface area contributed by atoms with Gasteiger partial charge in [-0.2, -0.15) is 0 Å². The second kappa shape index (κ2) is 5.17. The number of nitrogens with two attached hydrogens (primary N) is 1. The van der Waals surface area contributed by atoms with Gasteiger partial charge in [0, 0.05) is 6.54 Å². The monoisotopic (exact) mass is 184 g/mol. The van der Waals surface area contributed by atoms with Gasteiger partial charge in [-0.05, 0) is 36.4 Å². The molecule has 0 saturated carbocycles. The Hall–Kier alpha value is -0.540. The van der Waals surface area contributed by atoms with E-state index >= 15 is 0 Å². The highest BCUT2D eigenvalue weighted by molar-refractivity contribution is 7.14. The van der Waals surface area contributed by atoms with Crippen LogP contribution in [0.2, 0.25) is 0 Å². The molecule has 0 saturated heterocycles. The van der Waals surface area contributed by atoms with Gasteiger partial charge in [0.1, 0.15) is 0 Å². The standard InChI is InChI=1S/C9H16N2S/c1-8(4-5-10)7-11-9-3-2-6-12-9/h2-3,6,8,11H,4-5,7,10H2,1H3. The lowest BCUT2D eigenvalue weighted by Crippen LogP contribution is -2.14. The summed E-state index contributed by atoms with van der Waals surface area (Å²) >= 11 is 1.74. The third-order valence-corrected chi connectivity index (χ3v) is 2.63. The van der Waals surface area contributed by atoms with Crippen LogP contribution in [-0.4, -0.2) is 13.1 Å². The summed E-state index contributed by atoms with van der Waals surface area (Å²) in [6, 6.07) is 4.15. The van der Waals surface area contributed by atoms with Crippen LogP contribution in [0.3, 0.4) is 0 Å². The summed E-state index contributed by atoms with van der Waals surface area (Å²) in [6.07, 6.45) is 1.10. The summed E-state index contributed by atoms with van der Waals surface area (Å²) in [5.74, 6) is 0.664. The fraction of sp³-hybridized carbons (Fsp3) is 0.556. The average Bonchev–Trinajstić information content (AvgIpc) is 2.53. The highest BCUT2D eigenvalue weighted by atomic mass is 32.1. The molecule has 2 nitrogen and oxygen atoms in total. The number of hydrogen-bond donors (Lipinski definition) is 2. The van der Waals surface area contributed by atoms with E-state index in [1.54, 1.807) is 11.3 Å². The summed E-state index contributed by atoms with van der Waals surface area (Å²) < 4.78 is 0. The largest absolute Gasteiger partial charge is 0.377 e. The lowest BCUT2D eigenvalue weighted by Gasteiger charge is -2.10. The van der Waals surface area contributed by atoms with Gasteiger partial charge >= 0.3 is 0 Å². The van der Waals surface area contributed by atoms with Crippen LogP contribution in [0.15, 0.2) is 17.5 Å². The van der Waals surface area contributed by atoms with Crippen molar-refractivity contribution >= 4 is 16.3 Å². The molecule has 0 bridgehead atoms. The first-order valence-electron chi connectivity index (χ1n) is 4.30. The van der Waals surface area contributed by atoms with E-state index in [0.29, 0.717) is 5.92 Å². The van der Waals surface area contributed by atoms with Crippen molar-refractivity contribution in [1.82, 2.24) is 0 Å². The Morgan fingerprint density at radius 2 is 2.50 bits per heavy atom. The van der Waals surface area contributed by atoms with Crippen molar-refractivity contribution in [2.45, 2.75) is 13.3 Å². The normalized spacial score (nSPS) is 12.8. The molecule has 1 unspecified atom stereocenters. The fourth-order valence-electron chi connectivity index (χ4n) is 1.04. The minimum Gasteiger partial charge on any atom is -0.377 e. The van der Waals surface area contributed by atoms with Crippen molar-refractivity contribution in [1.29, 1.82) is 0 Å². The van der Waals surface area contributed by atoms with Crippen molar-refractivity contribution < 1.29 is 0 Å². The Kier molecular flexibility index (Phi) is 4.11. The van der Waals surface area contributed by atoms with Crippen LogP contribution in [0.1, 0.15) is 13.3 Å². The SMILES string of the molecule is CC(CCN)CNc1cccs1. The molecule has 1 rings (SSSR count). The van der Waals surface area contributed by atoms with Crippen molar-refractivity contribution in [3.63, 3.8) is 0 Å². The minimum atomic E-state index is 0.664. The van der Waals surface area contributed by atoms with Crippen LogP contribution in [0, 0.1) is 5.92 Å². The Morgan fingerprint density at radius 3 is 3.08 bits per heavy atom. The number of nitrogens with one attached hydrogen (secondary N) is 1. The summed E-state index contributed by atoms with van der Waals surface area (Å²) in [5.41, 5.74) is 5.45. The molecule has 1 aromatic rings. The quantitative estimate of drug-likeness (QED) is 0.736. The summed E-state index contributed by atoms with van der Waals surface area (Å²) in [4.78, 5) is 0. The fourth-order valence-corrected chi connectivity index (χ4v) is 1.67. The second-order valence-corrected chi connectivity index (χ2v) is 3.99. The predicted octanol–water partition coefficient (Wildman–Crippen LogP) is 2.14. The maximum absolute atomic E-state index is 5.45. The van der Waals surface area contributed by atoms with Gasteiger partial charge in [-0.25, -0.2) is 0 Å². The van der Waals surface area contributed by atoms with E-state index in [2.05, 4.69) is 29.8 Å². The first-order valence-corrected chi connectivity index (χ1v) is 5.18. The van der Waals surface area contributed by atoms with Gasteiger partial charge in [-0.3, -0.25) is 0 Å². The van der Waals surface area contributed by atoms with Gasteiger partial charge in [0.2, 0.25) is 0 Å². The molecule has 0 aliphatic heterocycles. The van der Waals surface area contributed by atoms with Crippen LogP contribution < -0.4 is 11.1 Å². The van der Waals surface area contributed by atoms with Crippen molar-refractivity contribution in [2.24, 2.45) is 11.7 Å². The molecular formula is C9H16N2S. The van der Waals surface area contributed by atoms with Crippen LogP contribution >= 0.6 is 11.3 Å². The molecule has 68 valence electrons. The van der Waals surface area contributed by atoms with Gasteiger partial charge in [0.05, 0.1) is 5.00 Å². The van der Waals surface area contributed by atoms with E-state index in [1.807, 2.05) is 0 Å². The van der Waals surface area contributed by atoms with Crippen LogP contribution in [0.4, 0.5) is 5.00 Å². The van der Waals surface area contributed by atoms with Crippen molar-refractivity contribution in [3.8, 4) is 0 Å². The van der Waals surface area contributed by atoms with E-state index in [9.17, 15) is 0 Å². The number of thiophene rings is 1. The van der Waals surface area contributed by atoms with E-state index < -0.39 is 0 Å². The maximum Gasteiger partial charge on any atom is 0.0882 e. The average molecular weight is 184 g/mol. The van der Waals surface area contributed by atoms with E-state index in [1.165, 1.54) is 5.00 Å². The van der Waals surface area contributed by atoms with Gasteiger partial charge < -0.3 is 11.1 Å². The molecule has 12 heavy (non-hydrogen) atoms. The Morgan fingerprint density at radius 1 is 1.67 bits per heavy atom. The van der Waals surface area contributed by atoms with Crippen molar-refractivity contribution in [2.75, 3.05) is 18.4 Å².